The summed E-state index contributed by atoms with van der Waals surface area (Å²) in [6, 6.07) is 0. The third-order valence-electron chi connectivity index (χ3n) is 0. The maximum absolute atomic E-state index is 0. The molecule has 0 saturated carbocycles. The van der Waals surface area contributed by atoms with Gasteiger partial charge in [-0.25, -0.2) is 0 Å². The first-order chi connectivity index (χ1) is 0. The second-order valence-corrected chi connectivity index (χ2v) is 0. The van der Waals surface area contributed by atoms with Crippen LogP contribution >= 0.6 is 0 Å². The molecule has 0 N–H and O–H groups in total. The predicted molar refractivity (Wildman–Crippen MR) is 17.3 cm³/mol. The molecule has 0 fully saturated rings. The van der Waals surface area contributed by atoms with Gasteiger partial charge in [0.2, 0.25) is 0 Å². The summed E-state index contributed by atoms with van der Waals surface area (Å²) in [5, 5.41) is 0. The van der Waals surface area contributed by atoms with Crippen molar-refractivity contribution in [2.24, 2.45) is 0 Å². The van der Waals surface area contributed by atoms with Crippen molar-refractivity contribution in [1.29, 1.82) is 0 Å². The zero-order valence-electron chi connectivity index (χ0n) is 1.88. The molecular formula is AgGeInSi. The van der Waals surface area contributed by atoms with Gasteiger partial charge in [0, 0.05) is 76.8 Å². The number of hydrogen-bond donors (Lipinski definition) is 0. The van der Waals surface area contributed by atoms with Gasteiger partial charge >= 0.3 is 0 Å². The Labute approximate surface area is 75.8 Å². The van der Waals surface area contributed by atoms with E-state index in [1.54, 1.807) is 0 Å². The van der Waals surface area contributed by atoms with Crippen LogP contribution in [0.25, 0.3) is 0 Å². The Hall–Kier alpha value is 2.37. The van der Waals surface area contributed by atoms with E-state index in [9.17, 15) is 0 Å². The SMILES string of the molecule is [Ag].[Ge].[In].[Si]. The monoisotopic (exact) mass is 324 g/mol. The summed E-state index contributed by atoms with van der Waals surface area (Å²) in [5.74, 6) is 0. The summed E-state index contributed by atoms with van der Waals surface area (Å²) in [6.45, 7) is 0. The van der Waals surface area contributed by atoms with Gasteiger partial charge in [0.1, 0.15) is 0 Å². The minimum Gasteiger partial charge on any atom is 0 e. The van der Waals surface area contributed by atoms with E-state index < -0.39 is 0 Å². The maximum atomic E-state index is 0. The van der Waals surface area contributed by atoms with Gasteiger partial charge in [-0.05, 0) is 0 Å². The molecule has 0 saturated heterocycles. The van der Waals surface area contributed by atoms with Crippen LogP contribution < -0.4 is 0 Å². The molecule has 0 heterocycles. The molecule has 12 radical (unpaired) electrons. The summed E-state index contributed by atoms with van der Waals surface area (Å²) >= 11 is 0. The standard InChI is InChI=1S/Ag.Ge.In.Si. The van der Waals surface area contributed by atoms with Crippen molar-refractivity contribution in [3.05, 3.63) is 0 Å². The van der Waals surface area contributed by atoms with Crippen molar-refractivity contribution in [3.63, 3.8) is 0 Å². The van der Waals surface area contributed by atoms with Crippen LogP contribution in [0, 0.1) is 0 Å². The van der Waals surface area contributed by atoms with Crippen molar-refractivity contribution >= 4 is 54.4 Å². The summed E-state index contributed by atoms with van der Waals surface area (Å²) in [7, 11) is 0. The molecule has 4 heteroatoms. The average Bonchev–Trinajstić information content (AvgIpc) is 0. The molecule has 0 aromatic carbocycles. The van der Waals surface area contributed by atoms with E-state index in [1.807, 2.05) is 0 Å². The van der Waals surface area contributed by atoms with E-state index in [0.717, 1.165) is 0 Å². The topological polar surface area (TPSA) is 0 Å². The van der Waals surface area contributed by atoms with Gasteiger partial charge in [-0.15, -0.1) is 0 Å². The summed E-state index contributed by atoms with van der Waals surface area (Å²) in [6.07, 6.45) is 0. The first-order valence-corrected chi connectivity index (χ1v) is 0. The average molecular weight is 323 g/mol. The fourth-order valence-corrected chi connectivity index (χ4v) is 0. The molecule has 0 bridgehead atoms. The van der Waals surface area contributed by atoms with E-state index in [0.29, 0.717) is 0 Å². The molecule has 0 rings (SSSR count). The Kier molecular flexibility index (Phi) is 149. The van der Waals surface area contributed by atoms with E-state index in [1.165, 1.54) is 0 Å². The first-order valence-electron chi connectivity index (χ1n) is 0. The van der Waals surface area contributed by atoms with Gasteiger partial charge in [0.15, 0.2) is 0 Å². The van der Waals surface area contributed by atoms with Gasteiger partial charge in [-0.2, -0.15) is 0 Å². The number of rotatable bonds is 0. The quantitative estimate of drug-likeness (QED) is 0.494. The maximum Gasteiger partial charge on any atom is 0 e. The van der Waals surface area contributed by atoms with Crippen LogP contribution in [0.2, 0.25) is 0 Å². The van der Waals surface area contributed by atoms with Gasteiger partial charge < -0.3 is 0 Å². The van der Waals surface area contributed by atoms with Crippen LogP contribution in [0.4, 0.5) is 0 Å². The Bertz CT molecular complexity index is 8.00. The van der Waals surface area contributed by atoms with Crippen LogP contribution in [0.5, 0.6) is 0 Å². The van der Waals surface area contributed by atoms with Gasteiger partial charge in [0.05, 0.1) is 0 Å². The Morgan fingerprint density at radius 2 is 1.00 bits per heavy atom. The fourth-order valence-electron chi connectivity index (χ4n) is 0. The molecule has 4 heavy (non-hydrogen) atoms. The first kappa shape index (κ1) is 32.7. The van der Waals surface area contributed by atoms with Gasteiger partial charge in [0.25, 0.3) is 0 Å². The zero-order chi connectivity index (χ0) is 0. The summed E-state index contributed by atoms with van der Waals surface area (Å²) in [4.78, 5) is 0. The van der Waals surface area contributed by atoms with E-state index >= 15 is 0 Å². The molecular weight excluding hydrogens is 323 g/mol. The van der Waals surface area contributed by atoms with Crippen LogP contribution in [0.3, 0.4) is 0 Å². The Morgan fingerprint density at radius 1 is 1.00 bits per heavy atom. The molecule has 0 aliphatic rings. The van der Waals surface area contributed by atoms with Crippen LogP contribution in [0.15, 0.2) is 0 Å². The third-order valence-corrected chi connectivity index (χ3v) is 0. The minimum absolute atomic E-state index is 0. The molecule has 0 aromatic heterocycles. The van der Waals surface area contributed by atoms with Crippen molar-refractivity contribution in [1.82, 2.24) is 0 Å². The van der Waals surface area contributed by atoms with Crippen molar-refractivity contribution in [3.8, 4) is 0 Å². The largest absolute Gasteiger partial charge is 0 e. The van der Waals surface area contributed by atoms with E-state index in [4.69, 9.17) is 0 Å². The van der Waals surface area contributed by atoms with Crippen molar-refractivity contribution in [2.45, 2.75) is 0 Å². The molecule has 0 aromatic rings. The molecule has 0 nitrogen and oxygen atoms in total. The molecule has 0 spiro atoms. The fraction of sp³-hybridized carbons (Fsp3) is 0. The van der Waals surface area contributed by atoms with E-state index in [-0.39, 0.29) is 76.8 Å². The molecule has 0 unspecified atom stereocenters. The van der Waals surface area contributed by atoms with Crippen molar-refractivity contribution < 1.29 is 22.4 Å². The second-order valence-electron chi connectivity index (χ2n) is 0. The van der Waals surface area contributed by atoms with Gasteiger partial charge in [-0.3, -0.25) is 0 Å². The van der Waals surface area contributed by atoms with Crippen molar-refractivity contribution in [2.75, 3.05) is 0 Å². The van der Waals surface area contributed by atoms with E-state index in [2.05, 4.69) is 0 Å². The van der Waals surface area contributed by atoms with Crippen LogP contribution in [0.1, 0.15) is 0 Å². The number of hydrogen-bond acceptors (Lipinski definition) is 0. The zero-order valence-corrected chi connectivity index (χ0v) is 9.75. The Balaban J connectivity index is 0. The Morgan fingerprint density at radius 3 is 1.00 bits per heavy atom. The summed E-state index contributed by atoms with van der Waals surface area (Å²) in [5.41, 5.74) is 0. The molecule has 0 atom stereocenters. The van der Waals surface area contributed by atoms with Crippen LogP contribution in [-0.2, 0) is 22.4 Å². The predicted octanol–water partition coefficient (Wildman–Crippen LogP) is -1.14. The molecule has 0 aliphatic heterocycles. The smallest absolute Gasteiger partial charge is 0 e. The van der Waals surface area contributed by atoms with Gasteiger partial charge in [-0.1, -0.05) is 0 Å². The normalized spacial score (nSPS) is 0. The second kappa shape index (κ2) is 18.3. The summed E-state index contributed by atoms with van der Waals surface area (Å²) < 4.78 is 0. The molecule has 0 amide bonds. The molecule has 0 aliphatic carbocycles. The van der Waals surface area contributed by atoms with Crippen LogP contribution in [-0.4, -0.2) is 54.4 Å². The molecule has 22 valence electrons. The third kappa shape index (κ3) is 8.84. The minimum atomic E-state index is 0.